The Balaban J connectivity index is 4.45. The summed E-state index contributed by atoms with van der Waals surface area (Å²) in [4.78, 5) is 10.5. The van der Waals surface area contributed by atoms with Crippen molar-refractivity contribution in [3.05, 3.63) is 11.6 Å². The summed E-state index contributed by atoms with van der Waals surface area (Å²) in [5.74, 6) is 0.0917. The van der Waals surface area contributed by atoms with Crippen LogP contribution in [0.5, 0.6) is 0 Å². The Labute approximate surface area is 80.7 Å². The molecule has 0 aliphatic heterocycles. The Morgan fingerprint density at radius 1 is 1.38 bits per heavy atom. The van der Waals surface area contributed by atoms with Crippen molar-refractivity contribution in [3.8, 4) is 0 Å². The maximum absolute atomic E-state index is 10.5. The first-order valence-electron chi connectivity index (χ1n) is 4.90. The summed E-state index contributed by atoms with van der Waals surface area (Å²) < 4.78 is 0. The topological polar surface area (TPSA) is 37.3 Å². The predicted octanol–water partition coefficient (Wildman–Crippen LogP) is 3.09. The van der Waals surface area contributed by atoms with Gasteiger partial charge in [0, 0.05) is 6.08 Å². The van der Waals surface area contributed by atoms with E-state index in [0.29, 0.717) is 11.8 Å². The molecule has 0 amide bonds. The smallest absolute Gasteiger partial charge is 0.328 e. The van der Waals surface area contributed by atoms with Crippen molar-refractivity contribution >= 4 is 5.97 Å². The van der Waals surface area contributed by atoms with Crippen molar-refractivity contribution in [1.82, 2.24) is 0 Å². The molecule has 0 radical (unpaired) electrons. The molecule has 0 saturated carbocycles. The summed E-state index contributed by atoms with van der Waals surface area (Å²) in [6.07, 6.45) is 3.27. The predicted molar refractivity (Wildman–Crippen MR) is 54.6 cm³/mol. The molecule has 0 bridgehead atoms. The third kappa shape index (κ3) is 5.45. The highest BCUT2D eigenvalue weighted by Gasteiger charge is 2.10. The molecule has 0 fully saturated rings. The Bertz CT molecular complexity index is 192. The second kappa shape index (κ2) is 5.79. The molecule has 0 aromatic rings. The number of allylic oxidation sites excluding steroid dienone is 1. The van der Waals surface area contributed by atoms with E-state index in [2.05, 4.69) is 27.7 Å². The number of carboxylic acid groups (broad SMARTS) is 1. The summed E-state index contributed by atoms with van der Waals surface area (Å²) in [5, 5.41) is 8.66. The van der Waals surface area contributed by atoms with E-state index in [1.807, 2.05) is 0 Å². The molecule has 0 aliphatic carbocycles. The minimum Gasteiger partial charge on any atom is -0.478 e. The van der Waals surface area contributed by atoms with Crippen molar-refractivity contribution < 1.29 is 9.90 Å². The van der Waals surface area contributed by atoms with Gasteiger partial charge in [0.15, 0.2) is 0 Å². The van der Waals surface area contributed by atoms with E-state index in [9.17, 15) is 4.79 Å². The monoisotopic (exact) mass is 184 g/mol. The van der Waals surface area contributed by atoms with Crippen LogP contribution in [0.2, 0.25) is 0 Å². The molecule has 2 heteroatoms. The van der Waals surface area contributed by atoms with Gasteiger partial charge in [-0.3, -0.25) is 0 Å². The third-order valence-corrected chi connectivity index (χ3v) is 2.20. The summed E-state index contributed by atoms with van der Waals surface area (Å²) in [5.41, 5.74) is 1.06. The van der Waals surface area contributed by atoms with Gasteiger partial charge in [-0.15, -0.1) is 0 Å². The zero-order valence-corrected chi connectivity index (χ0v) is 9.00. The van der Waals surface area contributed by atoms with Crippen LogP contribution >= 0.6 is 0 Å². The zero-order valence-electron chi connectivity index (χ0n) is 9.00. The van der Waals surface area contributed by atoms with Crippen LogP contribution in [0.25, 0.3) is 0 Å². The van der Waals surface area contributed by atoms with Crippen LogP contribution in [0, 0.1) is 11.8 Å². The second-order valence-electron chi connectivity index (χ2n) is 3.96. The van der Waals surface area contributed by atoms with Crippen LogP contribution in [0.3, 0.4) is 0 Å². The number of rotatable bonds is 5. The highest BCUT2D eigenvalue weighted by Crippen LogP contribution is 2.21. The number of hydrogen-bond acceptors (Lipinski definition) is 1. The molecule has 2 nitrogen and oxygen atoms in total. The Morgan fingerprint density at radius 3 is 2.23 bits per heavy atom. The fraction of sp³-hybridized carbons (Fsp3) is 0.727. The fourth-order valence-corrected chi connectivity index (χ4v) is 1.29. The van der Waals surface area contributed by atoms with E-state index in [1.165, 1.54) is 6.08 Å². The van der Waals surface area contributed by atoms with E-state index < -0.39 is 5.97 Å². The molecule has 0 rings (SSSR count). The summed E-state index contributed by atoms with van der Waals surface area (Å²) in [6, 6.07) is 0. The molecule has 1 N–H and O–H groups in total. The molecule has 0 spiro atoms. The molecule has 0 aromatic heterocycles. The highest BCUT2D eigenvalue weighted by molar-refractivity contribution is 5.80. The Hall–Kier alpha value is -0.790. The van der Waals surface area contributed by atoms with Gasteiger partial charge in [0.1, 0.15) is 0 Å². The minimum atomic E-state index is -0.823. The van der Waals surface area contributed by atoms with E-state index in [0.717, 1.165) is 18.4 Å². The lowest BCUT2D eigenvalue weighted by atomic mass is 9.91. The van der Waals surface area contributed by atoms with E-state index in [1.54, 1.807) is 0 Å². The van der Waals surface area contributed by atoms with E-state index in [-0.39, 0.29) is 0 Å². The molecule has 0 heterocycles. The molecule has 1 atom stereocenters. The number of aliphatic carboxylic acids is 1. The van der Waals surface area contributed by atoms with Gasteiger partial charge in [-0.05, 0) is 24.7 Å². The lowest BCUT2D eigenvalue weighted by molar-refractivity contribution is -0.131. The quantitative estimate of drug-likeness (QED) is 0.667. The molecule has 0 aliphatic rings. The molecule has 76 valence electrons. The first kappa shape index (κ1) is 12.2. The van der Waals surface area contributed by atoms with Crippen LogP contribution in [0.15, 0.2) is 11.6 Å². The van der Waals surface area contributed by atoms with Crippen LogP contribution < -0.4 is 0 Å². The molecular formula is C11H20O2. The zero-order chi connectivity index (χ0) is 10.4. The van der Waals surface area contributed by atoms with Gasteiger partial charge in [-0.2, -0.15) is 0 Å². The van der Waals surface area contributed by atoms with Gasteiger partial charge < -0.3 is 5.11 Å². The van der Waals surface area contributed by atoms with E-state index in [4.69, 9.17) is 5.11 Å². The lowest BCUT2D eigenvalue weighted by Gasteiger charge is -2.15. The average Bonchev–Trinajstić information content (AvgIpc) is 2.00. The molecular weight excluding hydrogens is 164 g/mol. The maximum atomic E-state index is 10.5. The first-order chi connectivity index (χ1) is 5.97. The van der Waals surface area contributed by atoms with Gasteiger partial charge in [0.25, 0.3) is 0 Å². The summed E-state index contributed by atoms with van der Waals surface area (Å²) >= 11 is 0. The molecule has 0 aromatic carbocycles. The summed E-state index contributed by atoms with van der Waals surface area (Å²) in [7, 11) is 0. The Kier molecular flexibility index (Phi) is 5.44. The maximum Gasteiger partial charge on any atom is 0.328 e. The van der Waals surface area contributed by atoms with Crippen LogP contribution in [0.1, 0.15) is 40.5 Å². The second-order valence-corrected chi connectivity index (χ2v) is 3.96. The average molecular weight is 184 g/mol. The van der Waals surface area contributed by atoms with Gasteiger partial charge >= 0.3 is 5.97 Å². The molecule has 13 heavy (non-hydrogen) atoms. The summed E-state index contributed by atoms with van der Waals surface area (Å²) in [6.45, 7) is 8.38. The Morgan fingerprint density at radius 2 is 1.92 bits per heavy atom. The van der Waals surface area contributed by atoms with Crippen molar-refractivity contribution in [1.29, 1.82) is 0 Å². The number of hydrogen-bond donors (Lipinski definition) is 1. The molecule has 1 unspecified atom stereocenters. The van der Waals surface area contributed by atoms with Gasteiger partial charge in [0.05, 0.1) is 0 Å². The van der Waals surface area contributed by atoms with Crippen molar-refractivity contribution in [2.75, 3.05) is 0 Å². The van der Waals surface area contributed by atoms with Crippen LogP contribution in [-0.2, 0) is 4.79 Å². The number of carbonyl (C=O) groups is 1. The first-order valence-corrected chi connectivity index (χ1v) is 4.90. The van der Waals surface area contributed by atoms with Gasteiger partial charge in [0.2, 0.25) is 0 Å². The van der Waals surface area contributed by atoms with Crippen LogP contribution in [-0.4, -0.2) is 11.1 Å². The van der Waals surface area contributed by atoms with Gasteiger partial charge in [-0.25, -0.2) is 4.79 Å². The lowest BCUT2D eigenvalue weighted by Crippen LogP contribution is -2.04. The largest absolute Gasteiger partial charge is 0.478 e. The third-order valence-electron chi connectivity index (χ3n) is 2.20. The highest BCUT2D eigenvalue weighted by atomic mass is 16.4. The van der Waals surface area contributed by atoms with Crippen molar-refractivity contribution in [2.45, 2.75) is 40.5 Å². The van der Waals surface area contributed by atoms with Gasteiger partial charge in [-0.1, -0.05) is 33.3 Å². The normalized spacial score (nSPS) is 14.7. The number of carboxylic acids is 1. The van der Waals surface area contributed by atoms with Crippen molar-refractivity contribution in [2.24, 2.45) is 11.8 Å². The van der Waals surface area contributed by atoms with Crippen LogP contribution in [0.4, 0.5) is 0 Å². The molecule has 0 saturated heterocycles. The fourth-order valence-electron chi connectivity index (χ4n) is 1.29. The minimum absolute atomic E-state index is 0.387. The van der Waals surface area contributed by atoms with E-state index >= 15 is 0 Å². The SMILES string of the molecule is CCC(C)/C(=C/C(=O)O)CC(C)C. The standard InChI is InChI=1S/C11H20O2/c1-5-9(4)10(6-8(2)3)7-11(12)13/h7-9H,5-6H2,1-4H3,(H,12,13)/b10-7+. The van der Waals surface area contributed by atoms with Crippen molar-refractivity contribution in [3.63, 3.8) is 0 Å².